The predicted molar refractivity (Wildman–Crippen MR) is 148 cm³/mol. The average Bonchev–Trinajstić information content (AvgIpc) is 2.85. The van der Waals surface area contributed by atoms with Crippen LogP contribution in [0, 0.1) is 12.8 Å². The smallest absolute Gasteiger partial charge is 0.119 e. The molecule has 0 unspecified atom stereocenters. The highest BCUT2D eigenvalue weighted by atomic mass is 32.2. The number of halogens is 1. The van der Waals surface area contributed by atoms with Gasteiger partial charge in [-0.3, -0.25) is 9.29 Å². The predicted octanol–water partition coefficient (Wildman–Crippen LogP) is 6.35. The van der Waals surface area contributed by atoms with Gasteiger partial charge in [0.15, 0.2) is 0 Å². The van der Waals surface area contributed by atoms with Crippen molar-refractivity contribution in [2.75, 3.05) is 32.9 Å². The molecule has 36 heavy (non-hydrogen) atoms. The molecular weight excluding hydrogens is 471 g/mol. The third-order valence-electron chi connectivity index (χ3n) is 7.49. The highest BCUT2D eigenvalue weighted by molar-refractivity contribution is 7.83. The maximum atomic E-state index is 13.6. The lowest BCUT2D eigenvalue weighted by atomic mass is 9.81. The molecule has 4 rings (SSSR count). The van der Waals surface area contributed by atoms with Gasteiger partial charge in [0.2, 0.25) is 0 Å². The summed E-state index contributed by atoms with van der Waals surface area (Å²) < 4.78 is 34.4. The first-order chi connectivity index (χ1) is 17.3. The molecular formula is C30H41FN2O2S. The minimum atomic E-state index is -1.10. The van der Waals surface area contributed by atoms with Gasteiger partial charge in [-0.1, -0.05) is 43.3 Å². The van der Waals surface area contributed by atoms with E-state index in [1.54, 1.807) is 0 Å². The SMILES string of the molecule is CCC1=C(c2ccccc2C)C[C@@H](C)N([S@](=O)C(C)C)[C@@H]1c1ccc(OCCN2CC(CF)C2)cc1. The summed E-state index contributed by atoms with van der Waals surface area (Å²) in [6.07, 6.45) is 1.80. The highest BCUT2D eigenvalue weighted by Crippen LogP contribution is 2.45. The number of aryl methyl sites for hydroxylation is 1. The minimum Gasteiger partial charge on any atom is -0.492 e. The van der Waals surface area contributed by atoms with Crippen molar-refractivity contribution in [1.29, 1.82) is 0 Å². The zero-order valence-corrected chi connectivity index (χ0v) is 23.2. The Hall–Kier alpha value is -2.02. The van der Waals surface area contributed by atoms with Gasteiger partial charge in [0.25, 0.3) is 0 Å². The summed E-state index contributed by atoms with van der Waals surface area (Å²) in [5, 5.41) is 0.0502. The Morgan fingerprint density at radius 1 is 1.11 bits per heavy atom. The zero-order valence-electron chi connectivity index (χ0n) is 22.4. The van der Waals surface area contributed by atoms with Crippen molar-refractivity contribution in [2.45, 2.75) is 64.8 Å². The quantitative estimate of drug-likeness (QED) is 0.372. The van der Waals surface area contributed by atoms with E-state index in [0.29, 0.717) is 6.61 Å². The largest absolute Gasteiger partial charge is 0.492 e. The minimum absolute atomic E-state index is 0.0376. The number of hydrogen-bond donors (Lipinski definition) is 0. The highest BCUT2D eigenvalue weighted by Gasteiger charge is 2.39. The second-order valence-electron chi connectivity index (χ2n) is 10.5. The summed E-state index contributed by atoms with van der Waals surface area (Å²) in [7, 11) is -1.10. The van der Waals surface area contributed by atoms with Crippen LogP contribution < -0.4 is 4.74 Å². The van der Waals surface area contributed by atoms with Crippen molar-refractivity contribution < 1.29 is 13.3 Å². The molecule has 4 nitrogen and oxygen atoms in total. The molecule has 0 radical (unpaired) electrons. The number of alkyl halides is 1. The van der Waals surface area contributed by atoms with E-state index in [9.17, 15) is 8.60 Å². The summed E-state index contributed by atoms with van der Waals surface area (Å²) in [5.74, 6) is 1.04. The van der Waals surface area contributed by atoms with Gasteiger partial charge in [0.05, 0.1) is 23.7 Å². The van der Waals surface area contributed by atoms with Gasteiger partial charge in [-0.2, -0.15) is 0 Å². The van der Waals surface area contributed by atoms with Gasteiger partial charge in [0.1, 0.15) is 12.4 Å². The van der Waals surface area contributed by atoms with Crippen LogP contribution in [0.4, 0.5) is 4.39 Å². The lowest BCUT2D eigenvalue weighted by Crippen LogP contribution is -2.49. The van der Waals surface area contributed by atoms with Crippen LogP contribution in [-0.2, 0) is 11.0 Å². The molecule has 196 valence electrons. The van der Waals surface area contributed by atoms with Gasteiger partial charge >= 0.3 is 0 Å². The molecule has 2 aromatic carbocycles. The molecule has 1 fully saturated rings. The van der Waals surface area contributed by atoms with E-state index in [4.69, 9.17) is 4.74 Å². The molecule has 1 saturated heterocycles. The van der Waals surface area contributed by atoms with Crippen LogP contribution in [-0.4, -0.2) is 57.6 Å². The number of likely N-dealkylation sites (tertiary alicyclic amines) is 1. The number of rotatable bonds is 10. The van der Waals surface area contributed by atoms with Crippen molar-refractivity contribution in [3.05, 3.63) is 70.8 Å². The van der Waals surface area contributed by atoms with Gasteiger partial charge in [-0.05, 0) is 80.5 Å². The number of benzene rings is 2. The van der Waals surface area contributed by atoms with E-state index in [2.05, 4.69) is 66.4 Å². The Labute approximate surface area is 219 Å². The average molecular weight is 513 g/mol. The second-order valence-corrected chi connectivity index (χ2v) is 12.4. The normalized spacial score (nSPS) is 22.6. The summed E-state index contributed by atoms with van der Waals surface area (Å²) in [6, 6.07) is 17.1. The molecule has 2 aliphatic heterocycles. The third kappa shape index (κ3) is 5.76. The van der Waals surface area contributed by atoms with E-state index in [-0.39, 0.29) is 29.9 Å². The molecule has 6 heteroatoms. The first kappa shape index (κ1) is 27.0. The van der Waals surface area contributed by atoms with Crippen molar-refractivity contribution in [3.63, 3.8) is 0 Å². The van der Waals surface area contributed by atoms with Crippen LogP contribution in [0.25, 0.3) is 5.57 Å². The van der Waals surface area contributed by atoms with Crippen molar-refractivity contribution >= 4 is 16.6 Å². The molecule has 0 N–H and O–H groups in total. The van der Waals surface area contributed by atoms with E-state index >= 15 is 0 Å². The standard InChI is InChI=1S/C30H41FN2O2S/c1-6-27-29(28-10-8-7-9-22(28)4)17-23(5)33(36(34)21(2)3)30(27)25-11-13-26(14-12-25)35-16-15-32-19-24(18-31)20-32/h7-14,21,23-24,30H,6,15-20H2,1-5H3/t23-,30-,36-/m1/s1. The molecule has 2 aliphatic rings. The lowest BCUT2D eigenvalue weighted by Gasteiger charge is -2.43. The van der Waals surface area contributed by atoms with Crippen molar-refractivity contribution in [1.82, 2.24) is 9.21 Å². The first-order valence-electron chi connectivity index (χ1n) is 13.3. The topological polar surface area (TPSA) is 32.8 Å². The van der Waals surface area contributed by atoms with Gasteiger partial charge < -0.3 is 4.74 Å². The van der Waals surface area contributed by atoms with Gasteiger partial charge in [-0.15, -0.1) is 0 Å². The zero-order chi connectivity index (χ0) is 25.8. The molecule has 2 heterocycles. The molecule has 0 aliphatic carbocycles. The second kappa shape index (κ2) is 12.0. The monoisotopic (exact) mass is 512 g/mol. The van der Waals surface area contributed by atoms with E-state index < -0.39 is 11.0 Å². The Balaban J connectivity index is 1.61. The van der Waals surface area contributed by atoms with Crippen LogP contribution in [0.15, 0.2) is 54.1 Å². The third-order valence-corrected chi connectivity index (χ3v) is 9.28. The van der Waals surface area contributed by atoms with Crippen molar-refractivity contribution in [3.8, 4) is 5.75 Å². The Morgan fingerprint density at radius 2 is 1.81 bits per heavy atom. The molecule has 0 saturated carbocycles. The van der Waals surface area contributed by atoms with Gasteiger partial charge in [-0.25, -0.2) is 8.51 Å². The molecule has 0 bridgehead atoms. The summed E-state index contributed by atoms with van der Waals surface area (Å²) in [4.78, 5) is 2.23. The van der Waals surface area contributed by atoms with Gasteiger partial charge in [0, 0.05) is 36.8 Å². The first-order valence-corrected chi connectivity index (χ1v) is 14.5. The van der Waals surface area contributed by atoms with Crippen molar-refractivity contribution in [2.24, 2.45) is 5.92 Å². The van der Waals surface area contributed by atoms with Crippen LogP contribution in [0.3, 0.4) is 0 Å². The number of ether oxygens (including phenoxy) is 1. The lowest BCUT2D eigenvalue weighted by molar-refractivity contribution is 0.0668. The van der Waals surface area contributed by atoms with Crippen LogP contribution >= 0.6 is 0 Å². The van der Waals surface area contributed by atoms with Crippen LogP contribution in [0.5, 0.6) is 5.75 Å². The molecule has 2 aromatic rings. The summed E-state index contributed by atoms with van der Waals surface area (Å²) in [6.45, 7) is 13.5. The summed E-state index contributed by atoms with van der Waals surface area (Å²) in [5.41, 5.74) is 6.49. The maximum absolute atomic E-state index is 13.6. The Morgan fingerprint density at radius 3 is 2.42 bits per heavy atom. The Kier molecular flexibility index (Phi) is 9.02. The molecule has 0 amide bonds. The van der Waals surface area contributed by atoms with Crippen LogP contribution in [0.1, 0.15) is 63.3 Å². The molecule has 0 aromatic heterocycles. The number of nitrogens with zero attached hydrogens (tertiary/aromatic N) is 2. The summed E-state index contributed by atoms with van der Waals surface area (Å²) >= 11 is 0. The number of hydrogen-bond acceptors (Lipinski definition) is 3. The molecule has 3 atom stereocenters. The van der Waals surface area contributed by atoms with E-state index in [1.165, 1.54) is 22.3 Å². The van der Waals surface area contributed by atoms with E-state index in [1.807, 2.05) is 26.0 Å². The fourth-order valence-electron chi connectivity index (χ4n) is 5.56. The maximum Gasteiger partial charge on any atom is 0.119 e. The fourth-order valence-corrected chi connectivity index (χ4v) is 6.93. The Bertz CT molecular complexity index is 1080. The van der Waals surface area contributed by atoms with E-state index in [0.717, 1.165) is 43.8 Å². The van der Waals surface area contributed by atoms with Crippen LogP contribution in [0.2, 0.25) is 0 Å². The fraction of sp³-hybridized carbons (Fsp3) is 0.533. The molecule has 0 spiro atoms.